The molecule has 5 fully saturated rings. The van der Waals surface area contributed by atoms with E-state index in [0.717, 1.165) is 29.7 Å². The van der Waals surface area contributed by atoms with Crippen molar-refractivity contribution in [2.75, 3.05) is 12.3 Å². The summed E-state index contributed by atoms with van der Waals surface area (Å²) >= 11 is 6.16. The standard InChI is InChI=1S/C18H19ClN4O/c19-12-5-9(7-21-17(12)20)13-6-14(18-11-8-24-16(18)15(11)18)23(22-13)10-3-1-2-4-10/h5-7,10-11,15-16H,1-4,8H2,(H2,20,21)/t11-,15-,16?,18-/m0/s1. The van der Waals surface area contributed by atoms with Crippen LogP contribution in [0.2, 0.25) is 5.02 Å². The molecular formula is C18H19ClN4O. The number of aromatic nitrogens is 3. The summed E-state index contributed by atoms with van der Waals surface area (Å²) in [5.74, 6) is 1.83. The van der Waals surface area contributed by atoms with E-state index >= 15 is 0 Å². The molecule has 2 saturated heterocycles. The molecule has 4 atom stereocenters. The molecule has 5 aliphatic rings. The Morgan fingerprint density at radius 2 is 2.12 bits per heavy atom. The van der Waals surface area contributed by atoms with Crippen molar-refractivity contribution in [1.29, 1.82) is 0 Å². The third-order valence-corrected chi connectivity index (χ3v) is 6.95. The molecule has 6 heteroatoms. The number of nitrogens with two attached hydrogens (primary N) is 1. The van der Waals surface area contributed by atoms with E-state index in [1.807, 2.05) is 6.07 Å². The van der Waals surface area contributed by atoms with E-state index < -0.39 is 0 Å². The van der Waals surface area contributed by atoms with Gasteiger partial charge in [-0.15, -0.1) is 0 Å². The average Bonchev–Trinajstić information content (AvgIpc) is 3.14. The van der Waals surface area contributed by atoms with Crippen molar-refractivity contribution in [3.8, 4) is 11.3 Å². The maximum absolute atomic E-state index is 6.16. The molecule has 7 rings (SSSR count). The number of rotatable bonds is 3. The van der Waals surface area contributed by atoms with Crippen LogP contribution < -0.4 is 5.73 Å². The molecule has 124 valence electrons. The Morgan fingerprint density at radius 3 is 2.79 bits per heavy atom. The molecule has 2 aromatic heterocycles. The first-order valence-corrected chi connectivity index (χ1v) is 9.22. The highest BCUT2D eigenvalue weighted by molar-refractivity contribution is 6.33. The highest BCUT2D eigenvalue weighted by Crippen LogP contribution is 2.85. The maximum atomic E-state index is 6.16. The van der Waals surface area contributed by atoms with Gasteiger partial charge in [-0.3, -0.25) is 4.68 Å². The van der Waals surface area contributed by atoms with Crippen LogP contribution in [0.4, 0.5) is 5.82 Å². The molecule has 2 aliphatic heterocycles. The number of nitrogen functional groups attached to an aromatic ring is 1. The molecule has 2 N–H and O–H groups in total. The van der Waals surface area contributed by atoms with Gasteiger partial charge in [0, 0.05) is 34.7 Å². The average molecular weight is 343 g/mol. The fourth-order valence-electron chi connectivity index (χ4n) is 5.29. The van der Waals surface area contributed by atoms with E-state index in [4.69, 9.17) is 27.2 Å². The molecule has 2 aromatic rings. The van der Waals surface area contributed by atoms with E-state index in [1.165, 1.54) is 31.4 Å². The van der Waals surface area contributed by atoms with Crippen LogP contribution in [0.25, 0.3) is 11.3 Å². The number of anilines is 1. The van der Waals surface area contributed by atoms with Crippen LogP contribution in [-0.2, 0) is 10.2 Å². The molecule has 4 heterocycles. The summed E-state index contributed by atoms with van der Waals surface area (Å²) in [5, 5.41) is 5.47. The fourth-order valence-corrected chi connectivity index (χ4v) is 5.45. The van der Waals surface area contributed by atoms with Gasteiger partial charge in [-0.05, 0) is 25.0 Å². The first kappa shape index (κ1) is 13.7. The number of ether oxygens (including phenoxy) is 1. The quantitative estimate of drug-likeness (QED) is 0.930. The highest BCUT2D eigenvalue weighted by Gasteiger charge is 2.93. The molecule has 0 radical (unpaired) electrons. The molecular weight excluding hydrogens is 324 g/mol. The van der Waals surface area contributed by atoms with Crippen LogP contribution in [0.1, 0.15) is 37.4 Å². The molecule has 2 bridgehead atoms. The van der Waals surface area contributed by atoms with Crippen molar-refractivity contribution in [1.82, 2.24) is 14.8 Å². The van der Waals surface area contributed by atoms with Crippen LogP contribution in [0.3, 0.4) is 0 Å². The summed E-state index contributed by atoms with van der Waals surface area (Å²) < 4.78 is 8.21. The smallest absolute Gasteiger partial charge is 0.142 e. The summed E-state index contributed by atoms with van der Waals surface area (Å²) in [6.45, 7) is 0.926. The zero-order chi connectivity index (χ0) is 16.1. The van der Waals surface area contributed by atoms with Gasteiger partial charge in [-0.1, -0.05) is 24.4 Å². The van der Waals surface area contributed by atoms with Crippen molar-refractivity contribution < 1.29 is 4.74 Å². The summed E-state index contributed by atoms with van der Waals surface area (Å²) in [6, 6.07) is 4.65. The predicted octanol–water partition coefficient (Wildman–Crippen LogP) is 3.19. The first-order valence-electron chi connectivity index (χ1n) is 8.84. The van der Waals surface area contributed by atoms with Crippen molar-refractivity contribution >= 4 is 17.4 Å². The molecule has 0 amide bonds. The van der Waals surface area contributed by atoms with Crippen LogP contribution in [0.15, 0.2) is 18.3 Å². The third-order valence-electron chi connectivity index (χ3n) is 6.65. The minimum Gasteiger partial charge on any atom is -0.382 e. The summed E-state index contributed by atoms with van der Waals surface area (Å²) in [7, 11) is 0. The van der Waals surface area contributed by atoms with E-state index in [9.17, 15) is 0 Å². The summed E-state index contributed by atoms with van der Waals surface area (Å²) in [6.07, 6.45) is 7.27. The van der Waals surface area contributed by atoms with Gasteiger partial charge in [0.25, 0.3) is 0 Å². The largest absolute Gasteiger partial charge is 0.382 e. The Labute approximate surface area is 145 Å². The fraction of sp³-hybridized carbons (Fsp3) is 0.556. The Balaban J connectivity index is 1.47. The lowest BCUT2D eigenvalue weighted by molar-refractivity contribution is 0.173. The lowest BCUT2D eigenvalue weighted by atomic mass is 10.0. The molecule has 24 heavy (non-hydrogen) atoms. The van der Waals surface area contributed by atoms with E-state index in [2.05, 4.69) is 15.7 Å². The number of nitrogens with zero attached hydrogens (tertiary/aromatic N) is 3. The zero-order valence-corrected chi connectivity index (χ0v) is 14.0. The van der Waals surface area contributed by atoms with Crippen molar-refractivity contribution in [3.05, 3.63) is 29.0 Å². The number of pyridine rings is 1. The molecule has 3 aliphatic carbocycles. The van der Waals surface area contributed by atoms with E-state index in [-0.39, 0.29) is 5.41 Å². The van der Waals surface area contributed by atoms with Gasteiger partial charge < -0.3 is 10.5 Å². The van der Waals surface area contributed by atoms with Crippen molar-refractivity contribution in [3.63, 3.8) is 0 Å². The predicted molar refractivity (Wildman–Crippen MR) is 90.8 cm³/mol. The number of hydrogen-bond donors (Lipinski definition) is 1. The Hall–Kier alpha value is -1.59. The molecule has 1 unspecified atom stereocenters. The minimum absolute atomic E-state index is 0.277. The summed E-state index contributed by atoms with van der Waals surface area (Å²) in [5.41, 5.74) is 9.30. The van der Waals surface area contributed by atoms with E-state index in [0.29, 0.717) is 23.0 Å². The van der Waals surface area contributed by atoms with Crippen LogP contribution >= 0.6 is 11.6 Å². The Morgan fingerprint density at radius 1 is 1.29 bits per heavy atom. The molecule has 0 aromatic carbocycles. The normalized spacial score (nSPS) is 36.1. The third kappa shape index (κ3) is 1.51. The number of fused-ring (bicyclic) bond motifs is 1. The van der Waals surface area contributed by atoms with E-state index in [1.54, 1.807) is 6.20 Å². The van der Waals surface area contributed by atoms with Gasteiger partial charge in [0.15, 0.2) is 0 Å². The van der Waals surface area contributed by atoms with Crippen LogP contribution in [0, 0.1) is 11.8 Å². The van der Waals surface area contributed by atoms with Gasteiger partial charge >= 0.3 is 0 Å². The van der Waals surface area contributed by atoms with Crippen LogP contribution in [0.5, 0.6) is 0 Å². The molecule has 5 nitrogen and oxygen atoms in total. The highest BCUT2D eigenvalue weighted by atomic mass is 35.5. The summed E-state index contributed by atoms with van der Waals surface area (Å²) in [4.78, 5) is 4.19. The maximum Gasteiger partial charge on any atom is 0.142 e. The topological polar surface area (TPSA) is 66.0 Å². The van der Waals surface area contributed by atoms with Crippen molar-refractivity contribution in [2.45, 2.75) is 43.2 Å². The second-order valence-electron chi connectivity index (χ2n) is 7.71. The molecule has 3 saturated carbocycles. The monoisotopic (exact) mass is 342 g/mol. The number of hydrogen-bond acceptors (Lipinski definition) is 4. The van der Waals surface area contributed by atoms with Gasteiger partial charge in [-0.2, -0.15) is 5.10 Å². The lowest BCUT2D eigenvalue weighted by Gasteiger charge is -2.16. The molecule has 0 spiro atoms. The van der Waals surface area contributed by atoms with Crippen LogP contribution in [-0.4, -0.2) is 27.5 Å². The Kier molecular flexibility index (Phi) is 2.46. The van der Waals surface area contributed by atoms with Gasteiger partial charge in [0.2, 0.25) is 0 Å². The van der Waals surface area contributed by atoms with Gasteiger partial charge in [-0.25, -0.2) is 4.98 Å². The van der Waals surface area contributed by atoms with Gasteiger partial charge in [0.1, 0.15) is 5.82 Å². The SMILES string of the molecule is Nc1ncc(-c2cc([C@@]34C5OC[C@H]3[C@@H]54)n(C3CCCC3)n2)cc1Cl. The minimum atomic E-state index is 0.277. The van der Waals surface area contributed by atoms with Gasteiger partial charge in [0.05, 0.1) is 29.5 Å². The first-order chi connectivity index (χ1) is 11.7. The second kappa shape index (κ2) is 4.33. The number of halogens is 1. The lowest BCUT2D eigenvalue weighted by Crippen LogP contribution is -2.18. The zero-order valence-electron chi connectivity index (χ0n) is 13.3. The van der Waals surface area contributed by atoms with Crippen molar-refractivity contribution in [2.24, 2.45) is 11.8 Å². The second-order valence-corrected chi connectivity index (χ2v) is 8.12. The Bertz CT molecular complexity index is 835.